The minimum absolute atomic E-state index is 0.0774. The first-order valence-electron chi connectivity index (χ1n) is 7.98. The van der Waals surface area contributed by atoms with Gasteiger partial charge in [0.1, 0.15) is 5.69 Å². The quantitative estimate of drug-likeness (QED) is 0.745. The molecule has 2 saturated heterocycles. The number of aromatic nitrogens is 2. The summed E-state index contributed by atoms with van der Waals surface area (Å²) in [7, 11) is 0.169. The van der Waals surface area contributed by atoms with Gasteiger partial charge in [-0.3, -0.25) is 9.48 Å². The Labute approximate surface area is 142 Å². The molecular weight excluding hydrogens is 332 g/mol. The lowest BCUT2D eigenvalue weighted by Crippen LogP contribution is -2.51. The van der Waals surface area contributed by atoms with E-state index in [1.807, 2.05) is 0 Å². The second kappa shape index (κ2) is 6.12. The lowest BCUT2D eigenvalue weighted by Gasteiger charge is -2.42. The molecule has 24 heavy (non-hydrogen) atoms. The maximum atomic E-state index is 12.6. The van der Waals surface area contributed by atoms with Gasteiger partial charge in [-0.2, -0.15) is 5.10 Å². The number of carbonyl (C=O) groups is 1. The standard InChI is InChI=1S/C15H24N4O4S/c1-17-6-4-13(16-17)14(20)18-7-5-15(11-23-2)10-19(24(3,21)22)9-12(15)8-18/h4,6,12H,5,7-11H2,1-3H3. The zero-order valence-electron chi connectivity index (χ0n) is 14.3. The zero-order chi connectivity index (χ0) is 17.5. The van der Waals surface area contributed by atoms with Crippen LogP contribution in [-0.4, -0.2) is 79.5 Å². The molecular formula is C15H24N4O4S. The molecule has 2 unspecified atom stereocenters. The van der Waals surface area contributed by atoms with Crippen molar-refractivity contribution in [2.75, 3.05) is 46.2 Å². The van der Waals surface area contributed by atoms with Gasteiger partial charge in [-0.05, 0) is 18.4 Å². The Morgan fingerprint density at radius 1 is 1.46 bits per heavy atom. The number of amides is 1. The number of nitrogens with zero attached hydrogens (tertiary/aromatic N) is 4. The highest BCUT2D eigenvalue weighted by molar-refractivity contribution is 7.88. The van der Waals surface area contributed by atoms with Crippen molar-refractivity contribution in [3.8, 4) is 0 Å². The number of methoxy groups -OCH3 is 1. The predicted molar refractivity (Wildman–Crippen MR) is 87.9 cm³/mol. The normalized spacial score (nSPS) is 28.1. The van der Waals surface area contributed by atoms with Crippen LogP contribution in [0.3, 0.4) is 0 Å². The molecule has 0 saturated carbocycles. The third kappa shape index (κ3) is 3.07. The van der Waals surface area contributed by atoms with Crippen molar-refractivity contribution in [2.45, 2.75) is 6.42 Å². The van der Waals surface area contributed by atoms with Crippen molar-refractivity contribution >= 4 is 15.9 Å². The summed E-state index contributed by atoms with van der Waals surface area (Å²) in [5, 5.41) is 4.17. The number of piperidine rings is 1. The predicted octanol–water partition coefficient (Wildman–Crippen LogP) is -0.210. The smallest absolute Gasteiger partial charge is 0.274 e. The van der Waals surface area contributed by atoms with Crippen molar-refractivity contribution in [3.05, 3.63) is 18.0 Å². The summed E-state index contributed by atoms with van der Waals surface area (Å²) >= 11 is 0. The number of ether oxygens (including phenoxy) is 1. The third-order valence-corrected chi connectivity index (χ3v) is 6.44. The van der Waals surface area contributed by atoms with E-state index in [9.17, 15) is 13.2 Å². The Kier molecular flexibility index (Phi) is 4.43. The molecule has 0 aliphatic carbocycles. The number of carbonyl (C=O) groups excluding carboxylic acids is 1. The first-order valence-corrected chi connectivity index (χ1v) is 9.83. The summed E-state index contributed by atoms with van der Waals surface area (Å²) in [5.41, 5.74) is 0.216. The van der Waals surface area contributed by atoms with Gasteiger partial charge >= 0.3 is 0 Å². The molecule has 8 nitrogen and oxygen atoms in total. The Hall–Kier alpha value is -1.45. The molecule has 134 valence electrons. The number of fused-ring (bicyclic) bond motifs is 1. The minimum atomic E-state index is -3.25. The maximum absolute atomic E-state index is 12.6. The van der Waals surface area contributed by atoms with Gasteiger partial charge in [0.15, 0.2) is 0 Å². The fraction of sp³-hybridized carbons (Fsp3) is 0.733. The molecule has 0 radical (unpaired) electrons. The zero-order valence-corrected chi connectivity index (χ0v) is 15.1. The van der Waals surface area contributed by atoms with Crippen LogP contribution in [0.15, 0.2) is 12.3 Å². The average molecular weight is 356 g/mol. The molecule has 0 N–H and O–H groups in total. The molecule has 3 rings (SSSR count). The first kappa shape index (κ1) is 17.4. The molecule has 0 bridgehead atoms. The molecule has 2 atom stereocenters. The van der Waals surface area contributed by atoms with Crippen LogP contribution in [0, 0.1) is 11.3 Å². The molecule has 2 fully saturated rings. The molecule has 1 aromatic rings. The van der Waals surface area contributed by atoms with E-state index in [4.69, 9.17) is 4.74 Å². The molecule has 2 aliphatic rings. The Morgan fingerprint density at radius 2 is 2.21 bits per heavy atom. The van der Waals surface area contributed by atoms with Crippen LogP contribution in [0.5, 0.6) is 0 Å². The van der Waals surface area contributed by atoms with Gasteiger partial charge < -0.3 is 9.64 Å². The summed E-state index contributed by atoms with van der Waals surface area (Å²) < 4.78 is 32.4. The summed E-state index contributed by atoms with van der Waals surface area (Å²) in [4.78, 5) is 14.4. The Bertz CT molecular complexity index is 732. The summed E-state index contributed by atoms with van der Waals surface area (Å²) in [5.74, 6) is -0.0204. The second-order valence-electron chi connectivity index (χ2n) is 6.92. The van der Waals surface area contributed by atoms with E-state index in [1.165, 1.54) is 10.6 Å². The van der Waals surface area contributed by atoms with Gasteiger partial charge in [0.2, 0.25) is 10.0 Å². The fourth-order valence-corrected chi connectivity index (χ4v) is 4.83. The molecule has 9 heteroatoms. The van der Waals surface area contributed by atoms with Crippen LogP contribution < -0.4 is 0 Å². The molecule has 2 aliphatic heterocycles. The minimum Gasteiger partial charge on any atom is -0.384 e. The van der Waals surface area contributed by atoms with E-state index in [-0.39, 0.29) is 17.2 Å². The van der Waals surface area contributed by atoms with Crippen LogP contribution >= 0.6 is 0 Å². The van der Waals surface area contributed by atoms with Crippen molar-refractivity contribution < 1.29 is 17.9 Å². The van der Waals surface area contributed by atoms with Gasteiger partial charge in [0.25, 0.3) is 5.91 Å². The number of hydrogen-bond acceptors (Lipinski definition) is 5. The fourth-order valence-electron chi connectivity index (χ4n) is 3.89. The molecule has 0 aromatic carbocycles. The number of aryl methyl sites for hydroxylation is 1. The molecule has 0 spiro atoms. The maximum Gasteiger partial charge on any atom is 0.274 e. The largest absolute Gasteiger partial charge is 0.384 e. The van der Waals surface area contributed by atoms with Gasteiger partial charge in [-0.15, -0.1) is 0 Å². The number of likely N-dealkylation sites (tertiary alicyclic amines) is 1. The van der Waals surface area contributed by atoms with E-state index in [0.29, 0.717) is 38.5 Å². The Morgan fingerprint density at radius 3 is 2.79 bits per heavy atom. The summed E-state index contributed by atoms with van der Waals surface area (Å²) in [6.07, 6.45) is 3.71. The van der Waals surface area contributed by atoms with Crippen LogP contribution in [0.25, 0.3) is 0 Å². The van der Waals surface area contributed by atoms with Crippen molar-refractivity contribution in [2.24, 2.45) is 18.4 Å². The van der Waals surface area contributed by atoms with E-state index in [1.54, 1.807) is 36.0 Å². The van der Waals surface area contributed by atoms with Crippen LogP contribution in [0.2, 0.25) is 0 Å². The number of sulfonamides is 1. The van der Waals surface area contributed by atoms with Gasteiger partial charge in [0.05, 0.1) is 12.9 Å². The van der Waals surface area contributed by atoms with E-state index < -0.39 is 10.0 Å². The highest BCUT2D eigenvalue weighted by Gasteiger charge is 2.52. The van der Waals surface area contributed by atoms with Crippen LogP contribution in [-0.2, 0) is 21.8 Å². The number of hydrogen-bond donors (Lipinski definition) is 0. The first-order chi connectivity index (χ1) is 11.2. The molecule has 1 aromatic heterocycles. The third-order valence-electron chi connectivity index (χ3n) is 5.22. The number of rotatable bonds is 4. The highest BCUT2D eigenvalue weighted by Crippen LogP contribution is 2.44. The van der Waals surface area contributed by atoms with E-state index in [2.05, 4.69) is 5.10 Å². The van der Waals surface area contributed by atoms with Crippen LogP contribution in [0.4, 0.5) is 0 Å². The highest BCUT2D eigenvalue weighted by atomic mass is 32.2. The Balaban J connectivity index is 1.79. The monoisotopic (exact) mass is 356 g/mol. The molecule has 3 heterocycles. The topological polar surface area (TPSA) is 84.7 Å². The summed E-state index contributed by atoms with van der Waals surface area (Å²) in [6.45, 7) is 2.54. The summed E-state index contributed by atoms with van der Waals surface area (Å²) in [6, 6.07) is 1.71. The average Bonchev–Trinajstić information content (AvgIpc) is 3.09. The second-order valence-corrected chi connectivity index (χ2v) is 8.91. The van der Waals surface area contributed by atoms with Crippen molar-refractivity contribution in [1.82, 2.24) is 19.0 Å². The van der Waals surface area contributed by atoms with Gasteiger partial charge in [0, 0.05) is 51.9 Å². The lowest BCUT2D eigenvalue weighted by molar-refractivity contribution is 0.00320. The van der Waals surface area contributed by atoms with Crippen LogP contribution in [0.1, 0.15) is 16.9 Å². The molecule has 1 amide bonds. The van der Waals surface area contributed by atoms with Crippen molar-refractivity contribution in [3.63, 3.8) is 0 Å². The van der Waals surface area contributed by atoms with Gasteiger partial charge in [-0.25, -0.2) is 12.7 Å². The van der Waals surface area contributed by atoms with E-state index in [0.717, 1.165) is 6.42 Å². The van der Waals surface area contributed by atoms with Crippen molar-refractivity contribution in [1.29, 1.82) is 0 Å². The van der Waals surface area contributed by atoms with E-state index >= 15 is 0 Å². The SMILES string of the molecule is COCC12CCN(C(=O)c3ccn(C)n3)CC1CN(S(C)(=O)=O)C2. The lowest BCUT2D eigenvalue weighted by atomic mass is 9.73. The van der Waals surface area contributed by atoms with Gasteiger partial charge in [-0.1, -0.05) is 0 Å².